The molecule has 5 nitrogen and oxygen atoms in total. The van der Waals surface area contributed by atoms with Gasteiger partial charge in [-0.3, -0.25) is 10.00 Å². The molecule has 3 aromatic rings. The number of benzene rings is 1. The molecule has 0 aliphatic carbocycles. The summed E-state index contributed by atoms with van der Waals surface area (Å²) in [6, 6.07) is 8.88. The molecule has 1 saturated heterocycles. The monoisotopic (exact) mass is 325 g/mol. The van der Waals surface area contributed by atoms with E-state index < -0.39 is 0 Å². The molecule has 3 heterocycles. The molecule has 1 fully saturated rings. The third-order valence-electron chi connectivity index (χ3n) is 4.46. The van der Waals surface area contributed by atoms with Crippen molar-refractivity contribution in [3.05, 3.63) is 53.2 Å². The van der Waals surface area contributed by atoms with Crippen molar-refractivity contribution in [3.8, 4) is 10.4 Å². The summed E-state index contributed by atoms with van der Waals surface area (Å²) in [5, 5.41) is 6.96. The summed E-state index contributed by atoms with van der Waals surface area (Å²) in [4.78, 5) is 12.4. The lowest BCUT2D eigenvalue weighted by atomic mass is 10.1. The smallest absolute Gasteiger partial charge is 0.137 e. The first-order chi connectivity index (χ1) is 11.3. The largest absolute Gasteiger partial charge is 0.298 e. The van der Waals surface area contributed by atoms with Crippen LogP contribution in [0.25, 0.3) is 10.4 Å². The highest BCUT2D eigenvalue weighted by molar-refractivity contribution is 7.13. The molecule has 0 spiro atoms. The van der Waals surface area contributed by atoms with E-state index in [0.717, 1.165) is 37.6 Å². The van der Waals surface area contributed by atoms with Gasteiger partial charge in [0, 0.05) is 19.0 Å². The van der Waals surface area contributed by atoms with E-state index in [1.807, 2.05) is 5.51 Å². The average molecular weight is 325 g/mol. The Morgan fingerprint density at radius 3 is 2.83 bits per heavy atom. The van der Waals surface area contributed by atoms with Crippen molar-refractivity contribution in [2.75, 3.05) is 13.1 Å². The number of aromatic amines is 1. The molecule has 1 N–H and O–H groups in total. The van der Waals surface area contributed by atoms with Crippen LogP contribution in [-0.2, 0) is 6.54 Å². The van der Waals surface area contributed by atoms with Crippen LogP contribution in [-0.4, -0.2) is 38.2 Å². The van der Waals surface area contributed by atoms with E-state index in [4.69, 9.17) is 0 Å². The molecule has 6 heteroatoms. The van der Waals surface area contributed by atoms with Crippen LogP contribution in [0.15, 0.2) is 36.1 Å². The SMILES string of the molecule is Cc1ncsc1-c1ccc(CN2CCC(c3ncn[nH]3)C2)cc1. The summed E-state index contributed by atoms with van der Waals surface area (Å²) in [6.07, 6.45) is 2.74. The number of H-pyrrole nitrogens is 1. The van der Waals surface area contributed by atoms with E-state index in [2.05, 4.69) is 56.3 Å². The lowest BCUT2D eigenvalue weighted by Gasteiger charge is -2.15. The van der Waals surface area contributed by atoms with Crippen molar-refractivity contribution in [1.29, 1.82) is 0 Å². The molecule has 1 atom stereocenters. The van der Waals surface area contributed by atoms with Crippen molar-refractivity contribution in [2.45, 2.75) is 25.8 Å². The fraction of sp³-hybridized carbons (Fsp3) is 0.353. The maximum Gasteiger partial charge on any atom is 0.137 e. The Balaban J connectivity index is 1.41. The second kappa shape index (κ2) is 6.22. The number of likely N-dealkylation sites (tertiary alicyclic amines) is 1. The van der Waals surface area contributed by atoms with Gasteiger partial charge in [0.05, 0.1) is 16.1 Å². The van der Waals surface area contributed by atoms with Crippen LogP contribution < -0.4 is 0 Å². The molecular weight excluding hydrogens is 306 g/mol. The highest BCUT2D eigenvalue weighted by atomic mass is 32.1. The molecule has 23 heavy (non-hydrogen) atoms. The Labute approximate surface area is 139 Å². The normalized spacial score (nSPS) is 18.6. The Hall–Kier alpha value is -2.05. The van der Waals surface area contributed by atoms with Gasteiger partial charge in [-0.15, -0.1) is 11.3 Å². The fourth-order valence-corrected chi connectivity index (χ4v) is 4.02. The zero-order valence-electron chi connectivity index (χ0n) is 13.1. The van der Waals surface area contributed by atoms with E-state index >= 15 is 0 Å². The molecule has 1 aromatic carbocycles. The first-order valence-electron chi connectivity index (χ1n) is 7.86. The number of aromatic nitrogens is 4. The quantitative estimate of drug-likeness (QED) is 0.800. The number of nitrogens with zero attached hydrogens (tertiary/aromatic N) is 4. The number of hydrogen-bond donors (Lipinski definition) is 1. The maximum atomic E-state index is 4.33. The molecule has 1 aliphatic heterocycles. The van der Waals surface area contributed by atoms with Gasteiger partial charge in [-0.05, 0) is 31.0 Å². The Kier molecular flexibility index (Phi) is 3.93. The van der Waals surface area contributed by atoms with Crippen LogP contribution in [0, 0.1) is 6.92 Å². The number of nitrogens with one attached hydrogen (secondary N) is 1. The van der Waals surface area contributed by atoms with E-state index in [-0.39, 0.29) is 0 Å². The van der Waals surface area contributed by atoms with Gasteiger partial charge in [-0.25, -0.2) is 9.97 Å². The molecule has 4 rings (SSSR count). The predicted molar refractivity (Wildman–Crippen MR) is 91.3 cm³/mol. The summed E-state index contributed by atoms with van der Waals surface area (Å²) < 4.78 is 0. The third kappa shape index (κ3) is 3.04. The second-order valence-electron chi connectivity index (χ2n) is 6.06. The maximum absolute atomic E-state index is 4.33. The van der Waals surface area contributed by atoms with Crippen LogP contribution in [0.4, 0.5) is 0 Å². The third-order valence-corrected chi connectivity index (χ3v) is 5.44. The molecular formula is C17H19N5S. The van der Waals surface area contributed by atoms with Gasteiger partial charge in [0.1, 0.15) is 12.2 Å². The topological polar surface area (TPSA) is 57.7 Å². The number of thiazole rings is 1. The van der Waals surface area contributed by atoms with E-state index in [1.165, 1.54) is 16.0 Å². The van der Waals surface area contributed by atoms with Gasteiger partial charge in [-0.2, -0.15) is 5.10 Å². The molecule has 0 radical (unpaired) electrons. The summed E-state index contributed by atoms with van der Waals surface area (Å²) in [5.41, 5.74) is 5.63. The van der Waals surface area contributed by atoms with Crippen LogP contribution in [0.2, 0.25) is 0 Å². The van der Waals surface area contributed by atoms with Crippen LogP contribution >= 0.6 is 11.3 Å². The summed E-state index contributed by atoms with van der Waals surface area (Å²) in [5.74, 6) is 1.50. The number of rotatable bonds is 4. The molecule has 0 amide bonds. The van der Waals surface area contributed by atoms with E-state index in [0.29, 0.717) is 5.92 Å². The second-order valence-corrected chi connectivity index (χ2v) is 6.91. The van der Waals surface area contributed by atoms with Crippen molar-refractivity contribution in [1.82, 2.24) is 25.1 Å². The Morgan fingerprint density at radius 2 is 2.13 bits per heavy atom. The minimum Gasteiger partial charge on any atom is -0.298 e. The molecule has 1 unspecified atom stereocenters. The summed E-state index contributed by atoms with van der Waals surface area (Å²) >= 11 is 1.70. The van der Waals surface area contributed by atoms with Crippen molar-refractivity contribution < 1.29 is 0 Å². The van der Waals surface area contributed by atoms with Gasteiger partial charge in [0.15, 0.2) is 0 Å². The van der Waals surface area contributed by atoms with Crippen LogP contribution in [0.3, 0.4) is 0 Å². The van der Waals surface area contributed by atoms with Crippen LogP contribution in [0.5, 0.6) is 0 Å². The van der Waals surface area contributed by atoms with Gasteiger partial charge in [0.2, 0.25) is 0 Å². The van der Waals surface area contributed by atoms with E-state index in [1.54, 1.807) is 17.7 Å². The number of aryl methyl sites for hydroxylation is 1. The van der Waals surface area contributed by atoms with Gasteiger partial charge in [0.25, 0.3) is 0 Å². The summed E-state index contributed by atoms with van der Waals surface area (Å²) in [7, 11) is 0. The Bertz CT molecular complexity index is 763. The zero-order chi connectivity index (χ0) is 15.6. The highest BCUT2D eigenvalue weighted by Gasteiger charge is 2.25. The van der Waals surface area contributed by atoms with Crippen molar-refractivity contribution in [2.24, 2.45) is 0 Å². The highest BCUT2D eigenvalue weighted by Crippen LogP contribution is 2.28. The minimum atomic E-state index is 0.483. The van der Waals surface area contributed by atoms with Crippen molar-refractivity contribution >= 4 is 11.3 Å². The van der Waals surface area contributed by atoms with Gasteiger partial charge < -0.3 is 0 Å². The fourth-order valence-electron chi connectivity index (χ4n) is 3.21. The first kappa shape index (κ1) is 14.5. The standard InChI is InChI=1S/C17H19N5S/c1-12-16(23-11-19-12)14-4-2-13(3-5-14)8-22-7-6-15(9-22)17-18-10-20-21-17/h2-5,10-11,15H,6-9H2,1H3,(H,18,20,21). The molecule has 1 aliphatic rings. The average Bonchev–Trinajstić information content (AvgIpc) is 3.29. The first-order valence-corrected chi connectivity index (χ1v) is 8.74. The number of hydrogen-bond acceptors (Lipinski definition) is 5. The van der Waals surface area contributed by atoms with Gasteiger partial charge >= 0.3 is 0 Å². The summed E-state index contributed by atoms with van der Waals surface area (Å²) in [6.45, 7) is 5.21. The Morgan fingerprint density at radius 1 is 1.26 bits per heavy atom. The van der Waals surface area contributed by atoms with Gasteiger partial charge in [-0.1, -0.05) is 24.3 Å². The van der Waals surface area contributed by atoms with Crippen LogP contribution in [0.1, 0.15) is 29.4 Å². The van der Waals surface area contributed by atoms with Crippen molar-refractivity contribution in [3.63, 3.8) is 0 Å². The molecule has 0 saturated carbocycles. The lowest BCUT2D eigenvalue weighted by Crippen LogP contribution is -2.19. The van der Waals surface area contributed by atoms with E-state index in [9.17, 15) is 0 Å². The zero-order valence-corrected chi connectivity index (χ0v) is 13.9. The minimum absolute atomic E-state index is 0.483. The molecule has 118 valence electrons. The lowest BCUT2D eigenvalue weighted by molar-refractivity contribution is 0.326. The molecule has 2 aromatic heterocycles. The molecule has 0 bridgehead atoms. The predicted octanol–water partition coefficient (Wildman–Crippen LogP) is 3.23.